The standard InChI is InChI=1S/C10H12N2/c1-10(2,8-11)7-9-5-3-4-6-12-9/h3-6H,7H2,1-2H3. The lowest BCUT2D eigenvalue weighted by atomic mass is 9.90. The average molecular weight is 160 g/mol. The molecule has 0 amide bonds. The van der Waals surface area contributed by atoms with Gasteiger partial charge in [-0.05, 0) is 26.0 Å². The molecule has 0 atom stereocenters. The van der Waals surface area contributed by atoms with Gasteiger partial charge >= 0.3 is 0 Å². The lowest BCUT2D eigenvalue weighted by molar-refractivity contribution is 0.487. The summed E-state index contributed by atoms with van der Waals surface area (Å²) in [6.07, 6.45) is 2.47. The number of hydrogen-bond acceptors (Lipinski definition) is 2. The molecule has 0 aliphatic carbocycles. The van der Waals surface area contributed by atoms with Gasteiger partial charge in [-0.25, -0.2) is 0 Å². The van der Waals surface area contributed by atoms with Crippen molar-refractivity contribution in [3.05, 3.63) is 30.1 Å². The topological polar surface area (TPSA) is 36.7 Å². The van der Waals surface area contributed by atoms with E-state index in [0.717, 1.165) is 5.69 Å². The molecule has 12 heavy (non-hydrogen) atoms. The Balaban J connectivity index is 2.72. The summed E-state index contributed by atoms with van der Waals surface area (Å²) in [6, 6.07) is 8.01. The van der Waals surface area contributed by atoms with E-state index in [9.17, 15) is 0 Å². The van der Waals surface area contributed by atoms with E-state index >= 15 is 0 Å². The molecule has 0 saturated carbocycles. The van der Waals surface area contributed by atoms with E-state index in [1.54, 1.807) is 6.20 Å². The molecule has 0 radical (unpaired) electrons. The fourth-order valence-electron chi connectivity index (χ4n) is 0.995. The van der Waals surface area contributed by atoms with Crippen LogP contribution in [0.1, 0.15) is 19.5 Å². The summed E-state index contributed by atoms with van der Waals surface area (Å²) in [5.74, 6) is 0. The summed E-state index contributed by atoms with van der Waals surface area (Å²) in [6.45, 7) is 3.84. The third-order valence-corrected chi connectivity index (χ3v) is 1.65. The quantitative estimate of drug-likeness (QED) is 0.664. The first-order valence-electron chi connectivity index (χ1n) is 3.95. The number of aromatic nitrogens is 1. The second-order valence-corrected chi connectivity index (χ2v) is 3.49. The van der Waals surface area contributed by atoms with Gasteiger partial charge in [0.25, 0.3) is 0 Å². The van der Waals surface area contributed by atoms with E-state index in [2.05, 4.69) is 11.1 Å². The molecule has 0 N–H and O–H groups in total. The third kappa shape index (κ3) is 2.35. The molecule has 62 valence electrons. The molecule has 0 aliphatic heterocycles. The minimum Gasteiger partial charge on any atom is -0.261 e. The fraction of sp³-hybridized carbons (Fsp3) is 0.400. The summed E-state index contributed by atoms with van der Waals surface area (Å²) in [5, 5.41) is 8.78. The van der Waals surface area contributed by atoms with Crippen LogP contribution in [0.15, 0.2) is 24.4 Å². The predicted octanol–water partition coefficient (Wildman–Crippen LogP) is 2.17. The first-order valence-corrected chi connectivity index (χ1v) is 3.95. The van der Waals surface area contributed by atoms with Gasteiger partial charge in [0.05, 0.1) is 11.5 Å². The average Bonchev–Trinajstić information content (AvgIpc) is 2.06. The molecule has 1 aromatic heterocycles. The van der Waals surface area contributed by atoms with Gasteiger partial charge in [0, 0.05) is 18.3 Å². The maximum absolute atomic E-state index is 8.78. The fourth-order valence-corrected chi connectivity index (χ4v) is 0.995. The van der Waals surface area contributed by atoms with Crippen molar-refractivity contribution in [1.82, 2.24) is 4.98 Å². The molecule has 0 fully saturated rings. The van der Waals surface area contributed by atoms with Crippen molar-refractivity contribution in [3.63, 3.8) is 0 Å². The summed E-state index contributed by atoms with van der Waals surface area (Å²) in [5.41, 5.74) is 0.665. The zero-order valence-corrected chi connectivity index (χ0v) is 7.41. The van der Waals surface area contributed by atoms with Crippen LogP contribution in [0.2, 0.25) is 0 Å². The van der Waals surface area contributed by atoms with E-state index in [1.165, 1.54) is 0 Å². The molecule has 0 spiro atoms. The number of rotatable bonds is 2. The number of nitrogens with zero attached hydrogens (tertiary/aromatic N) is 2. The third-order valence-electron chi connectivity index (χ3n) is 1.65. The van der Waals surface area contributed by atoms with Gasteiger partial charge in [-0.15, -0.1) is 0 Å². The lowest BCUT2D eigenvalue weighted by Crippen LogP contribution is -2.12. The maximum atomic E-state index is 8.78. The van der Waals surface area contributed by atoms with Crippen molar-refractivity contribution < 1.29 is 0 Å². The van der Waals surface area contributed by atoms with Gasteiger partial charge in [0.2, 0.25) is 0 Å². The summed E-state index contributed by atoms with van der Waals surface area (Å²) in [4.78, 5) is 4.16. The second kappa shape index (κ2) is 3.36. The Kier molecular flexibility index (Phi) is 2.44. The monoisotopic (exact) mass is 160 g/mol. The van der Waals surface area contributed by atoms with E-state index in [1.807, 2.05) is 32.0 Å². The van der Waals surface area contributed by atoms with E-state index in [0.29, 0.717) is 6.42 Å². The van der Waals surface area contributed by atoms with Gasteiger partial charge in [0.1, 0.15) is 0 Å². The Morgan fingerprint density at radius 1 is 1.50 bits per heavy atom. The van der Waals surface area contributed by atoms with Crippen molar-refractivity contribution in [1.29, 1.82) is 5.26 Å². The summed E-state index contributed by atoms with van der Waals surface area (Å²) >= 11 is 0. The minimum absolute atomic E-state index is 0.311. The number of pyridine rings is 1. The Morgan fingerprint density at radius 3 is 2.75 bits per heavy atom. The van der Waals surface area contributed by atoms with Gasteiger partial charge in [-0.3, -0.25) is 4.98 Å². The Morgan fingerprint density at radius 2 is 2.25 bits per heavy atom. The van der Waals surface area contributed by atoms with Crippen molar-refractivity contribution in [2.24, 2.45) is 5.41 Å². The van der Waals surface area contributed by atoms with Gasteiger partial charge in [-0.2, -0.15) is 5.26 Å². The highest BCUT2D eigenvalue weighted by Gasteiger charge is 2.17. The number of hydrogen-bond donors (Lipinski definition) is 0. The summed E-state index contributed by atoms with van der Waals surface area (Å²) in [7, 11) is 0. The first-order chi connectivity index (χ1) is 5.64. The van der Waals surface area contributed by atoms with Crippen LogP contribution in [0.5, 0.6) is 0 Å². The molecular weight excluding hydrogens is 148 g/mol. The van der Waals surface area contributed by atoms with Gasteiger partial charge in [-0.1, -0.05) is 6.07 Å². The molecule has 0 unspecified atom stereocenters. The van der Waals surface area contributed by atoms with Crippen LogP contribution in [0.3, 0.4) is 0 Å². The highest BCUT2D eigenvalue weighted by atomic mass is 14.7. The molecular formula is C10H12N2. The van der Waals surface area contributed by atoms with E-state index in [-0.39, 0.29) is 5.41 Å². The number of nitriles is 1. The lowest BCUT2D eigenvalue weighted by Gasteiger charge is -2.13. The smallest absolute Gasteiger partial charge is 0.0688 e. The SMILES string of the molecule is CC(C)(C#N)Cc1ccccn1. The van der Waals surface area contributed by atoms with Crippen molar-refractivity contribution in [3.8, 4) is 6.07 Å². The molecule has 2 heteroatoms. The molecule has 0 aromatic carbocycles. The highest BCUT2D eigenvalue weighted by Crippen LogP contribution is 2.18. The Labute approximate surface area is 72.9 Å². The summed E-state index contributed by atoms with van der Waals surface area (Å²) < 4.78 is 0. The maximum Gasteiger partial charge on any atom is 0.0688 e. The second-order valence-electron chi connectivity index (χ2n) is 3.49. The predicted molar refractivity (Wildman–Crippen MR) is 47.3 cm³/mol. The van der Waals surface area contributed by atoms with Crippen LogP contribution >= 0.6 is 0 Å². The molecule has 1 aromatic rings. The van der Waals surface area contributed by atoms with E-state index in [4.69, 9.17) is 5.26 Å². The van der Waals surface area contributed by atoms with Crippen LogP contribution < -0.4 is 0 Å². The van der Waals surface area contributed by atoms with Crippen LogP contribution in [0.25, 0.3) is 0 Å². The van der Waals surface area contributed by atoms with Crippen molar-refractivity contribution in [2.75, 3.05) is 0 Å². The molecule has 1 rings (SSSR count). The zero-order valence-electron chi connectivity index (χ0n) is 7.41. The Hall–Kier alpha value is -1.36. The minimum atomic E-state index is -0.311. The Bertz CT molecular complexity index is 282. The van der Waals surface area contributed by atoms with Gasteiger partial charge < -0.3 is 0 Å². The van der Waals surface area contributed by atoms with Crippen LogP contribution in [-0.2, 0) is 6.42 Å². The van der Waals surface area contributed by atoms with E-state index < -0.39 is 0 Å². The van der Waals surface area contributed by atoms with Crippen LogP contribution in [0, 0.1) is 16.7 Å². The first kappa shape index (κ1) is 8.73. The molecule has 0 aliphatic rings. The molecule has 2 nitrogen and oxygen atoms in total. The van der Waals surface area contributed by atoms with Crippen LogP contribution in [-0.4, -0.2) is 4.98 Å². The molecule has 1 heterocycles. The zero-order chi connectivity index (χ0) is 9.03. The van der Waals surface area contributed by atoms with Crippen molar-refractivity contribution >= 4 is 0 Å². The van der Waals surface area contributed by atoms with Crippen molar-refractivity contribution in [2.45, 2.75) is 20.3 Å². The molecule has 0 bridgehead atoms. The normalized spacial score (nSPS) is 10.8. The molecule has 0 saturated heterocycles. The van der Waals surface area contributed by atoms with Crippen LogP contribution in [0.4, 0.5) is 0 Å². The highest BCUT2D eigenvalue weighted by molar-refractivity contribution is 5.09. The largest absolute Gasteiger partial charge is 0.261 e. The van der Waals surface area contributed by atoms with Gasteiger partial charge in [0.15, 0.2) is 0 Å².